The van der Waals surface area contributed by atoms with Gasteiger partial charge >= 0.3 is 5.92 Å². The molecule has 2 rings (SSSR count). The van der Waals surface area contributed by atoms with Gasteiger partial charge in [-0.05, 0) is 0 Å². The lowest BCUT2D eigenvalue weighted by molar-refractivity contribution is -0.154. The minimum absolute atomic E-state index is 0.0626. The predicted octanol–water partition coefficient (Wildman–Crippen LogP) is -1.06. The Kier molecular flexibility index (Phi) is 3.57. The highest BCUT2D eigenvalue weighted by molar-refractivity contribution is 5.94. The van der Waals surface area contributed by atoms with Crippen LogP contribution >= 0.6 is 0 Å². The van der Waals surface area contributed by atoms with Crippen molar-refractivity contribution in [3.63, 3.8) is 0 Å². The zero-order valence-electron chi connectivity index (χ0n) is 9.87. The van der Waals surface area contributed by atoms with Crippen LogP contribution in [0.15, 0.2) is 23.9 Å². The number of halogens is 2. The van der Waals surface area contributed by atoms with Crippen LogP contribution in [-0.2, 0) is 9.53 Å². The Morgan fingerprint density at radius 1 is 1.63 bits per heavy atom. The number of amides is 1. The van der Waals surface area contributed by atoms with Gasteiger partial charge in [0, 0.05) is 12.7 Å². The third-order valence-corrected chi connectivity index (χ3v) is 3.06. The molecular weight excluding hydrogens is 262 g/mol. The summed E-state index contributed by atoms with van der Waals surface area (Å²) in [4.78, 5) is 12.1. The Bertz CT molecular complexity index is 438. The normalized spacial score (nSPS) is 33.4. The molecule has 0 saturated carbocycles. The first kappa shape index (κ1) is 13.9. The van der Waals surface area contributed by atoms with Crippen molar-refractivity contribution >= 4 is 5.91 Å². The molecule has 2 aliphatic rings. The molecule has 0 aromatic carbocycles. The second kappa shape index (κ2) is 4.87. The van der Waals surface area contributed by atoms with Crippen molar-refractivity contribution in [3.8, 4) is 0 Å². The van der Waals surface area contributed by atoms with Crippen molar-refractivity contribution in [3.05, 3.63) is 23.9 Å². The minimum atomic E-state index is -3.56. The van der Waals surface area contributed by atoms with E-state index in [0.717, 1.165) is 11.1 Å². The second-order valence-electron chi connectivity index (χ2n) is 4.38. The van der Waals surface area contributed by atoms with Gasteiger partial charge in [0.15, 0.2) is 12.3 Å². The number of nitrogens with zero attached hydrogens (tertiary/aromatic N) is 1. The topological polar surface area (TPSA) is 96.0 Å². The number of hydrogen-bond acceptors (Lipinski definition) is 5. The molecule has 0 unspecified atom stereocenters. The van der Waals surface area contributed by atoms with Gasteiger partial charge in [-0.3, -0.25) is 4.79 Å². The maximum Gasteiger partial charge on any atom is 0.319 e. The van der Waals surface area contributed by atoms with Gasteiger partial charge in [-0.15, -0.1) is 0 Å². The Balaban J connectivity index is 2.23. The van der Waals surface area contributed by atoms with Crippen LogP contribution in [0.2, 0.25) is 0 Å². The highest BCUT2D eigenvalue weighted by Crippen LogP contribution is 2.38. The predicted molar refractivity (Wildman–Crippen MR) is 59.8 cm³/mol. The van der Waals surface area contributed by atoms with E-state index in [1.807, 2.05) is 0 Å². The fourth-order valence-electron chi connectivity index (χ4n) is 2.05. The molecule has 1 fully saturated rings. The average Bonchev–Trinajstić information content (AvgIpc) is 2.61. The number of aliphatic hydroxyl groups excluding tert-OH is 2. The van der Waals surface area contributed by atoms with Gasteiger partial charge in [-0.2, -0.15) is 8.78 Å². The molecule has 0 aromatic rings. The van der Waals surface area contributed by atoms with Gasteiger partial charge < -0.3 is 25.6 Å². The summed E-state index contributed by atoms with van der Waals surface area (Å²) in [6.07, 6.45) is -1.15. The molecule has 2 heterocycles. The first-order valence-electron chi connectivity index (χ1n) is 5.64. The fraction of sp³-hybridized carbons (Fsp3) is 0.545. The SMILES string of the molecule is NC(=O)C1=CN([C@@H]2O[C@H](CO)[C@H](O)C2(F)F)CC=C1. The smallest absolute Gasteiger partial charge is 0.319 e. The van der Waals surface area contributed by atoms with Gasteiger partial charge in [0.05, 0.1) is 12.2 Å². The quantitative estimate of drug-likeness (QED) is 0.610. The highest BCUT2D eigenvalue weighted by atomic mass is 19.3. The molecule has 0 aliphatic carbocycles. The number of ether oxygens (including phenoxy) is 1. The number of nitrogens with two attached hydrogens (primary N) is 1. The summed E-state index contributed by atoms with van der Waals surface area (Å²) in [5.74, 6) is -4.31. The van der Waals surface area contributed by atoms with Crippen molar-refractivity contribution < 1.29 is 28.5 Å². The molecule has 4 N–H and O–H groups in total. The lowest BCUT2D eigenvalue weighted by Crippen LogP contribution is -2.48. The third-order valence-electron chi connectivity index (χ3n) is 3.06. The summed E-state index contributed by atoms with van der Waals surface area (Å²) < 4.78 is 32.7. The number of carbonyl (C=O) groups is 1. The van der Waals surface area contributed by atoms with Crippen molar-refractivity contribution in [1.29, 1.82) is 0 Å². The van der Waals surface area contributed by atoms with E-state index in [2.05, 4.69) is 0 Å². The third kappa shape index (κ3) is 2.34. The van der Waals surface area contributed by atoms with Crippen LogP contribution in [0.1, 0.15) is 0 Å². The second-order valence-corrected chi connectivity index (χ2v) is 4.38. The van der Waals surface area contributed by atoms with E-state index in [1.165, 1.54) is 12.2 Å². The zero-order chi connectivity index (χ0) is 14.2. The van der Waals surface area contributed by atoms with Gasteiger partial charge in [-0.25, -0.2) is 0 Å². The molecule has 2 aliphatic heterocycles. The molecule has 0 bridgehead atoms. The first-order valence-corrected chi connectivity index (χ1v) is 5.64. The van der Waals surface area contributed by atoms with Crippen LogP contribution in [0, 0.1) is 0 Å². The van der Waals surface area contributed by atoms with E-state index >= 15 is 0 Å². The summed E-state index contributed by atoms with van der Waals surface area (Å²) in [5, 5.41) is 18.3. The van der Waals surface area contributed by atoms with Gasteiger partial charge in [0.2, 0.25) is 5.91 Å². The summed E-state index contributed by atoms with van der Waals surface area (Å²) in [6, 6.07) is 0. The summed E-state index contributed by atoms with van der Waals surface area (Å²) >= 11 is 0. The van der Waals surface area contributed by atoms with Crippen LogP contribution in [0.5, 0.6) is 0 Å². The van der Waals surface area contributed by atoms with Crippen molar-refractivity contribution in [2.75, 3.05) is 13.2 Å². The van der Waals surface area contributed by atoms with Crippen LogP contribution in [0.25, 0.3) is 0 Å². The van der Waals surface area contributed by atoms with Crippen LogP contribution in [-0.4, -0.2) is 58.5 Å². The lowest BCUT2D eigenvalue weighted by atomic mass is 10.1. The van der Waals surface area contributed by atoms with Crippen molar-refractivity contribution in [2.24, 2.45) is 5.73 Å². The molecule has 8 heteroatoms. The first-order chi connectivity index (χ1) is 8.87. The molecule has 0 spiro atoms. The summed E-state index contributed by atoms with van der Waals surface area (Å²) in [7, 11) is 0. The zero-order valence-corrected chi connectivity index (χ0v) is 9.87. The minimum Gasteiger partial charge on any atom is -0.394 e. The molecule has 19 heavy (non-hydrogen) atoms. The van der Waals surface area contributed by atoms with E-state index in [-0.39, 0.29) is 12.1 Å². The molecule has 6 nitrogen and oxygen atoms in total. The number of primary amides is 1. The largest absolute Gasteiger partial charge is 0.394 e. The maximum atomic E-state index is 13.9. The van der Waals surface area contributed by atoms with Crippen molar-refractivity contribution in [1.82, 2.24) is 4.90 Å². The highest BCUT2D eigenvalue weighted by Gasteiger charge is 2.60. The molecule has 0 aromatic heterocycles. The molecule has 1 saturated heterocycles. The van der Waals surface area contributed by atoms with E-state index in [0.29, 0.717) is 0 Å². The Morgan fingerprint density at radius 2 is 2.32 bits per heavy atom. The van der Waals surface area contributed by atoms with Crippen LogP contribution < -0.4 is 5.73 Å². The molecule has 0 radical (unpaired) electrons. The number of rotatable bonds is 3. The van der Waals surface area contributed by atoms with E-state index < -0.39 is 36.9 Å². The van der Waals surface area contributed by atoms with E-state index in [9.17, 15) is 18.7 Å². The number of carbonyl (C=O) groups excluding carboxylic acids is 1. The molecule has 106 valence electrons. The standard InChI is InChI=1S/C11H14F2N2O4/c12-11(13)8(17)7(5-16)19-10(11)15-3-1-2-6(4-15)9(14)18/h1-2,4,7-8,10,16-17H,3,5H2,(H2,14,18)/t7-,8+,10-/m1/s1. The number of alkyl halides is 2. The molecule has 3 atom stereocenters. The maximum absolute atomic E-state index is 13.9. The Hall–Kier alpha value is -1.51. The lowest BCUT2D eigenvalue weighted by Gasteiger charge is -2.31. The fourth-order valence-corrected chi connectivity index (χ4v) is 2.05. The van der Waals surface area contributed by atoms with Crippen LogP contribution in [0.4, 0.5) is 8.78 Å². The van der Waals surface area contributed by atoms with Crippen LogP contribution in [0.3, 0.4) is 0 Å². The number of hydrogen-bond donors (Lipinski definition) is 3. The molecular formula is C11H14F2N2O4. The summed E-state index contributed by atoms with van der Waals surface area (Å²) in [6.45, 7) is -0.634. The van der Waals surface area contributed by atoms with E-state index in [1.54, 1.807) is 0 Å². The van der Waals surface area contributed by atoms with E-state index in [4.69, 9.17) is 15.6 Å². The monoisotopic (exact) mass is 276 g/mol. The Labute approximate surface area is 107 Å². The van der Waals surface area contributed by atoms with Crippen molar-refractivity contribution in [2.45, 2.75) is 24.4 Å². The summed E-state index contributed by atoms with van der Waals surface area (Å²) in [5.41, 5.74) is 5.14. The van der Waals surface area contributed by atoms with Gasteiger partial charge in [0.1, 0.15) is 6.10 Å². The number of aliphatic hydroxyl groups is 2. The Morgan fingerprint density at radius 3 is 2.84 bits per heavy atom. The molecule has 1 amide bonds. The average molecular weight is 276 g/mol. The van der Waals surface area contributed by atoms with Gasteiger partial charge in [0.25, 0.3) is 0 Å². The van der Waals surface area contributed by atoms with Gasteiger partial charge in [-0.1, -0.05) is 12.2 Å².